The van der Waals surface area contributed by atoms with Gasteiger partial charge in [0.25, 0.3) is 0 Å². The van der Waals surface area contributed by atoms with E-state index in [4.69, 9.17) is 9.47 Å². The van der Waals surface area contributed by atoms with E-state index in [1.165, 1.54) is 0 Å². The average molecular weight is 271 g/mol. The summed E-state index contributed by atoms with van der Waals surface area (Å²) in [6.07, 6.45) is 2.75. The summed E-state index contributed by atoms with van der Waals surface area (Å²) in [7, 11) is 0. The van der Waals surface area contributed by atoms with E-state index in [0.717, 1.165) is 25.7 Å². The number of ether oxygens (including phenoxy) is 2. The largest absolute Gasteiger partial charge is 0.444 e. The first kappa shape index (κ1) is 14.6. The van der Waals surface area contributed by atoms with Crippen LogP contribution in [0.3, 0.4) is 0 Å². The number of hydrogen-bond acceptors (Lipinski definition) is 4. The molecule has 1 N–H and O–H groups in total. The van der Waals surface area contributed by atoms with E-state index in [0.29, 0.717) is 13.2 Å². The van der Waals surface area contributed by atoms with Crippen LogP contribution in [0.2, 0.25) is 0 Å². The van der Waals surface area contributed by atoms with E-state index in [2.05, 4.69) is 0 Å². The van der Waals surface area contributed by atoms with E-state index in [9.17, 15) is 9.90 Å². The second-order valence-electron chi connectivity index (χ2n) is 6.54. The Hall–Kier alpha value is -0.810. The molecule has 0 aromatic carbocycles. The fourth-order valence-electron chi connectivity index (χ4n) is 2.63. The highest BCUT2D eigenvalue weighted by Gasteiger charge is 2.38. The zero-order chi connectivity index (χ0) is 14.0. The third-order valence-corrected chi connectivity index (χ3v) is 3.68. The van der Waals surface area contributed by atoms with Crippen LogP contribution in [0.25, 0.3) is 0 Å². The van der Waals surface area contributed by atoms with Crippen molar-refractivity contribution < 1.29 is 19.4 Å². The van der Waals surface area contributed by atoms with Gasteiger partial charge in [-0.25, -0.2) is 4.79 Å². The fraction of sp³-hybridized carbons (Fsp3) is 0.929. The number of nitrogens with zero attached hydrogens (tertiary/aromatic N) is 1. The molecule has 1 heterocycles. The molecule has 1 saturated heterocycles. The summed E-state index contributed by atoms with van der Waals surface area (Å²) in [6, 6.07) is 0.308. The normalized spacial score (nSPS) is 28.6. The van der Waals surface area contributed by atoms with Crippen molar-refractivity contribution in [1.82, 2.24) is 4.90 Å². The van der Waals surface area contributed by atoms with Gasteiger partial charge in [-0.2, -0.15) is 0 Å². The van der Waals surface area contributed by atoms with Gasteiger partial charge in [-0.15, -0.1) is 0 Å². The molecule has 19 heavy (non-hydrogen) atoms. The van der Waals surface area contributed by atoms with Gasteiger partial charge in [0.05, 0.1) is 25.4 Å². The van der Waals surface area contributed by atoms with Gasteiger partial charge in [-0.1, -0.05) is 0 Å². The van der Waals surface area contributed by atoms with E-state index >= 15 is 0 Å². The molecule has 1 aliphatic heterocycles. The van der Waals surface area contributed by atoms with Crippen LogP contribution >= 0.6 is 0 Å². The molecule has 0 spiro atoms. The molecule has 2 aliphatic rings. The molecule has 1 saturated carbocycles. The van der Waals surface area contributed by atoms with Gasteiger partial charge in [0.1, 0.15) is 5.60 Å². The van der Waals surface area contributed by atoms with Crippen LogP contribution in [-0.2, 0) is 9.47 Å². The summed E-state index contributed by atoms with van der Waals surface area (Å²) in [5.41, 5.74) is -0.478. The lowest BCUT2D eigenvalue weighted by Gasteiger charge is -2.44. The lowest BCUT2D eigenvalue weighted by atomic mass is 9.91. The van der Waals surface area contributed by atoms with Crippen LogP contribution in [0.5, 0.6) is 0 Å². The Morgan fingerprint density at radius 2 is 1.74 bits per heavy atom. The molecule has 0 aromatic rings. The van der Waals surface area contributed by atoms with Gasteiger partial charge in [-0.3, -0.25) is 4.90 Å². The van der Waals surface area contributed by atoms with Crippen LogP contribution in [0.1, 0.15) is 46.5 Å². The monoisotopic (exact) mass is 271 g/mol. The zero-order valence-corrected chi connectivity index (χ0v) is 12.1. The molecule has 1 amide bonds. The van der Waals surface area contributed by atoms with Crippen molar-refractivity contribution in [2.24, 2.45) is 0 Å². The second-order valence-corrected chi connectivity index (χ2v) is 6.54. The number of carbonyl (C=O) groups is 1. The topological polar surface area (TPSA) is 59.0 Å². The average Bonchev–Trinajstić information content (AvgIpc) is 2.22. The maximum Gasteiger partial charge on any atom is 0.410 e. The number of aliphatic hydroxyl groups is 1. The Labute approximate surface area is 114 Å². The van der Waals surface area contributed by atoms with Gasteiger partial charge < -0.3 is 14.6 Å². The molecule has 1 aliphatic carbocycles. The van der Waals surface area contributed by atoms with Crippen molar-refractivity contribution >= 4 is 6.09 Å². The Kier molecular flexibility index (Phi) is 4.36. The van der Waals surface area contributed by atoms with E-state index in [-0.39, 0.29) is 24.3 Å². The van der Waals surface area contributed by atoms with Crippen LogP contribution in [0.15, 0.2) is 0 Å². The Morgan fingerprint density at radius 1 is 1.16 bits per heavy atom. The molecule has 5 nitrogen and oxygen atoms in total. The van der Waals surface area contributed by atoms with E-state index in [1.54, 1.807) is 0 Å². The van der Waals surface area contributed by atoms with Crippen LogP contribution in [-0.4, -0.2) is 53.1 Å². The fourth-order valence-corrected chi connectivity index (χ4v) is 2.63. The maximum atomic E-state index is 12.4. The van der Waals surface area contributed by atoms with Crippen LogP contribution < -0.4 is 0 Å². The Morgan fingerprint density at radius 3 is 2.16 bits per heavy atom. The summed E-state index contributed by atoms with van der Waals surface area (Å²) >= 11 is 0. The number of rotatable bonds is 2. The van der Waals surface area contributed by atoms with Crippen molar-refractivity contribution in [3.63, 3.8) is 0 Å². The third-order valence-electron chi connectivity index (χ3n) is 3.68. The molecule has 0 bridgehead atoms. The molecule has 2 rings (SSSR count). The Bertz CT molecular complexity index is 314. The molecule has 110 valence electrons. The van der Waals surface area contributed by atoms with Gasteiger partial charge in [0.15, 0.2) is 0 Å². The molecular formula is C14H25NO4. The number of hydrogen-bond donors (Lipinski definition) is 1. The minimum Gasteiger partial charge on any atom is -0.444 e. The number of carbonyl (C=O) groups excluding carboxylic acids is 1. The predicted molar refractivity (Wildman–Crippen MR) is 70.9 cm³/mol. The quantitative estimate of drug-likeness (QED) is 0.833. The van der Waals surface area contributed by atoms with E-state index < -0.39 is 5.60 Å². The van der Waals surface area contributed by atoms with Crippen molar-refractivity contribution in [2.75, 3.05) is 13.2 Å². The number of aliphatic hydroxyl groups excluding tert-OH is 1. The smallest absolute Gasteiger partial charge is 0.410 e. The van der Waals surface area contributed by atoms with Crippen LogP contribution in [0, 0.1) is 0 Å². The maximum absolute atomic E-state index is 12.4. The van der Waals surface area contributed by atoms with Crippen molar-refractivity contribution in [1.29, 1.82) is 0 Å². The zero-order valence-electron chi connectivity index (χ0n) is 12.1. The molecule has 5 heteroatoms. The number of amides is 1. The highest BCUT2D eigenvalue weighted by atomic mass is 16.6. The molecule has 0 radical (unpaired) electrons. The summed E-state index contributed by atoms with van der Waals surface area (Å²) in [4.78, 5) is 14.2. The first-order chi connectivity index (χ1) is 8.87. The highest BCUT2D eigenvalue weighted by molar-refractivity contribution is 5.69. The standard InChI is InChI=1S/C14H25NO4/c1-14(2,3)19-13(17)15(11-8-18-9-11)10-4-6-12(16)7-5-10/h10-12,16H,4-9H2,1-3H3. The molecule has 0 unspecified atom stereocenters. The molecule has 0 atom stereocenters. The van der Waals surface area contributed by atoms with Gasteiger partial charge in [-0.05, 0) is 46.5 Å². The summed E-state index contributed by atoms with van der Waals surface area (Å²) < 4.78 is 10.7. The summed E-state index contributed by atoms with van der Waals surface area (Å²) in [6.45, 7) is 6.83. The van der Waals surface area contributed by atoms with Crippen LogP contribution in [0.4, 0.5) is 4.79 Å². The van der Waals surface area contributed by atoms with Gasteiger partial charge in [0, 0.05) is 6.04 Å². The lowest BCUT2D eigenvalue weighted by molar-refractivity contribution is -0.0897. The third kappa shape index (κ3) is 3.83. The van der Waals surface area contributed by atoms with Crippen molar-refractivity contribution in [3.05, 3.63) is 0 Å². The lowest BCUT2D eigenvalue weighted by Crippen LogP contribution is -2.57. The minimum atomic E-state index is -0.478. The minimum absolute atomic E-state index is 0.134. The van der Waals surface area contributed by atoms with E-state index in [1.807, 2.05) is 25.7 Å². The van der Waals surface area contributed by atoms with Crippen molar-refractivity contribution in [3.8, 4) is 0 Å². The predicted octanol–water partition coefficient (Wildman–Crippen LogP) is 1.93. The summed E-state index contributed by atoms with van der Waals surface area (Å²) in [5.74, 6) is 0. The first-order valence-corrected chi connectivity index (χ1v) is 7.14. The molecule has 2 fully saturated rings. The van der Waals surface area contributed by atoms with Crippen molar-refractivity contribution in [2.45, 2.75) is 70.2 Å². The first-order valence-electron chi connectivity index (χ1n) is 7.14. The van der Waals surface area contributed by atoms with Gasteiger partial charge >= 0.3 is 6.09 Å². The summed E-state index contributed by atoms with van der Waals surface area (Å²) in [5, 5.41) is 9.58. The molecular weight excluding hydrogens is 246 g/mol. The molecule has 0 aromatic heterocycles. The van der Waals surface area contributed by atoms with Gasteiger partial charge in [0.2, 0.25) is 0 Å². The highest BCUT2D eigenvalue weighted by Crippen LogP contribution is 2.28. The SMILES string of the molecule is CC(C)(C)OC(=O)N(C1CCC(O)CC1)C1COC1. The Balaban J connectivity index is 2.01. The second kappa shape index (κ2) is 5.67.